The molecule has 2 amide bonds. The number of rotatable bonds is 8. The highest BCUT2D eigenvalue weighted by Crippen LogP contribution is 2.44. The zero-order valence-corrected chi connectivity index (χ0v) is 19.8. The molecule has 0 spiro atoms. The highest BCUT2D eigenvalue weighted by atomic mass is 32.2. The molecule has 1 heterocycles. The van der Waals surface area contributed by atoms with Crippen LogP contribution in [0.5, 0.6) is 0 Å². The van der Waals surface area contributed by atoms with Crippen LogP contribution in [0.15, 0.2) is 60.2 Å². The molecule has 7 nitrogen and oxygen atoms in total. The average Bonchev–Trinajstić information content (AvgIpc) is 3.18. The fourth-order valence-corrected chi connectivity index (χ4v) is 5.03. The van der Waals surface area contributed by atoms with Crippen LogP contribution in [0.1, 0.15) is 29.9 Å². The second-order valence-electron chi connectivity index (χ2n) is 8.37. The van der Waals surface area contributed by atoms with Gasteiger partial charge in [0.25, 0.3) is 0 Å². The Bertz CT molecular complexity index is 1070. The van der Waals surface area contributed by atoms with E-state index in [9.17, 15) is 14.4 Å². The standard InChI is InChI=1S/C26H28N2O5S/c1-34-15-12-23(24(29)28-13-10-17(11-14-28)25(30)31)27-26(32)33-16-22-20-8-4-2-6-18(20)19-7-3-5-9-21(19)22/h2-10,22-23H,11-16H2,1H3,(H,27,32)(H,30,31). The second kappa shape index (κ2) is 10.8. The topological polar surface area (TPSA) is 95.9 Å². The molecule has 2 aromatic carbocycles. The minimum absolute atomic E-state index is 0.0554. The van der Waals surface area contributed by atoms with Crippen molar-refractivity contribution in [2.75, 3.05) is 31.7 Å². The number of alkyl carbamates (subject to hydrolysis) is 1. The summed E-state index contributed by atoms with van der Waals surface area (Å²) >= 11 is 1.59. The van der Waals surface area contributed by atoms with E-state index in [-0.39, 0.29) is 25.0 Å². The van der Waals surface area contributed by atoms with Crippen molar-refractivity contribution in [1.82, 2.24) is 10.2 Å². The maximum absolute atomic E-state index is 13.1. The molecular weight excluding hydrogens is 452 g/mol. The number of amides is 2. The Balaban J connectivity index is 1.40. The van der Waals surface area contributed by atoms with Crippen LogP contribution < -0.4 is 5.32 Å². The van der Waals surface area contributed by atoms with Crippen molar-refractivity contribution in [3.8, 4) is 11.1 Å². The molecule has 2 aromatic rings. The lowest BCUT2D eigenvalue weighted by atomic mass is 9.98. The second-order valence-corrected chi connectivity index (χ2v) is 9.36. The van der Waals surface area contributed by atoms with Gasteiger partial charge in [-0.3, -0.25) is 4.79 Å². The number of aliphatic carboxylic acids is 1. The Morgan fingerprint density at radius 3 is 2.32 bits per heavy atom. The average molecular weight is 481 g/mol. The molecule has 0 bridgehead atoms. The summed E-state index contributed by atoms with van der Waals surface area (Å²) in [5.74, 6) is -0.532. The van der Waals surface area contributed by atoms with Gasteiger partial charge in [-0.1, -0.05) is 54.6 Å². The molecule has 1 unspecified atom stereocenters. The highest BCUT2D eigenvalue weighted by Gasteiger charge is 2.31. The number of thioether (sulfide) groups is 1. The van der Waals surface area contributed by atoms with Gasteiger partial charge in [0.1, 0.15) is 12.6 Å². The fourth-order valence-electron chi connectivity index (χ4n) is 4.56. The van der Waals surface area contributed by atoms with Crippen molar-refractivity contribution in [3.63, 3.8) is 0 Å². The molecule has 1 atom stereocenters. The van der Waals surface area contributed by atoms with E-state index in [4.69, 9.17) is 9.84 Å². The summed E-state index contributed by atoms with van der Waals surface area (Å²) in [5.41, 5.74) is 4.87. The molecule has 8 heteroatoms. The number of nitrogens with zero attached hydrogens (tertiary/aromatic N) is 1. The summed E-state index contributed by atoms with van der Waals surface area (Å²) in [6, 6.07) is 15.5. The van der Waals surface area contributed by atoms with Gasteiger partial charge in [0.05, 0.1) is 0 Å². The number of carbonyl (C=O) groups excluding carboxylic acids is 2. The molecule has 0 fully saturated rings. The molecule has 4 rings (SSSR count). The van der Waals surface area contributed by atoms with Gasteiger partial charge in [0.15, 0.2) is 0 Å². The van der Waals surface area contributed by atoms with E-state index in [2.05, 4.69) is 29.6 Å². The van der Waals surface area contributed by atoms with Crippen molar-refractivity contribution in [3.05, 3.63) is 71.3 Å². The van der Waals surface area contributed by atoms with Gasteiger partial charge in [0.2, 0.25) is 5.91 Å². The number of hydrogen-bond acceptors (Lipinski definition) is 5. The first-order chi connectivity index (χ1) is 16.5. The minimum atomic E-state index is -0.956. The monoisotopic (exact) mass is 480 g/mol. The maximum atomic E-state index is 13.1. The zero-order valence-electron chi connectivity index (χ0n) is 19.0. The summed E-state index contributed by atoms with van der Waals surface area (Å²) < 4.78 is 5.62. The number of nitrogens with one attached hydrogen (secondary N) is 1. The molecule has 34 heavy (non-hydrogen) atoms. The first-order valence-electron chi connectivity index (χ1n) is 11.3. The van der Waals surface area contributed by atoms with E-state index in [0.717, 1.165) is 22.3 Å². The van der Waals surface area contributed by atoms with Gasteiger partial charge in [-0.05, 0) is 47.1 Å². The predicted octanol–water partition coefficient (Wildman–Crippen LogP) is 3.89. The van der Waals surface area contributed by atoms with E-state index in [1.54, 1.807) is 22.7 Å². The lowest BCUT2D eigenvalue weighted by Crippen LogP contribution is -2.50. The summed E-state index contributed by atoms with van der Waals surface area (Å²) in [5, 5.41) is 11.9. The molecule has 0 saturated heterocycles. The van der Waals surface area contributed by atoms with Gasteiger partial charge in [-0.25, -0.2) is 9.59 Å². The number of carboxylic acids is 1. The van der Waals surface area contributed by atoms with Crippen molar-refractivity contribution in [2.24, 2.45) is 0 Å². The number of carbonyl (C=O) groups is 3. The third-order valence-corrected chi connectivity index (χ3v) is 6.98. The normalized spacial score (nSPS) is 15.7. The maximum Gasteiger partial charge on any atom is 0.407 e. The number of hydrogen-bond donors (Lipinski definition) is 2. The quantitative estimate of drug-likeness (QED) is 0.595. The van der Waals surface area contributed by atoms with Crippen molar-refractivity contribution in [2.45, 2.75) is 24.8 Å². The number of carboxylic acid groups (broad SMARTS) is 1. The van der Waals surface area contributed by atoms with E-state index in [1.807, 2.05) is 30.5 Å². The van der Waals surface area contributed by atoms with Crippen LogP contribution in [-0.2, 0) is 14.3 Å². The molecule has 2 aliphatic rings. The Hall–Kier alpha value is -3.26. The first-order valence-corrected chi connectivity index (χ1v) is 12.7. The van der Waals surface area contributed by atoms with Crippen LogP contribution in [0.25, 0.3) is 11.1 Å². The lowest BCUT2D eigenvalue weighted by molar-refractivity contribution is -0.135. The van der Waals surface area contributed by atoms with Gasteiger partial charge >= 0.3 is 12.1 Å². The van der Waals surface area contributed by atoms with Crippen LogP contribution in [-0.4, -0.2) is 65.7 Å². The smallest absolute Gasteiger partial charge is 0.407 e. The van der Waals surface area contributed by atoms with Crippen molar-refractivity contribution >= 4 is 29.7 Å². The molecule has 0 saturated carbocycles. The molecular formula is C26H28N2O5S. The predicted molar refractivity (Wildman–Crippen MR) is 132 cm³/mol. The van der Waals surface area contributed by atoms with Gasteiger partial charge in [0, 0.05) is 24.6 Å². The zero-order chi connectivity index (χ0) is 24.1. The summed E-state index contributed by atoms with van der Waals surface area (Å²) in [6.07, 6.45) is 3.64. The molecule has 1 aliphatic carbocycles. The van der Waals surface area contributed by atoms with Crippen LogP contribution >= 0.6 is 11.8 Å². The number of benzene rings is 2. The number of ether oxygens (including phenoxy) is 1. The van der Waals surface area contributed by atoms with E-state index < -0.39 is 18.1 Å². The fraction of sp³-hybridized carbons (Fsp3) is 0.346. The Labute approximate surface area is 203 Å². The Morgan fingerprint density at radius 1 is 1.12 bits per heavy atom. The van der Waals surface area contributed by atoms with E-state index >= 15 is 0 Å². The Morgan fingerprint density at radius 2 is 1.76 bits per heavy atom. The van der Waals surface area contributed by atoms with E-state index in [1.165, 1.54) is 0 Å². The van der Waals surface area contributed by atoms with Crippen LogP contribution in [0, 0.1) is 0 Å². The molecule has 0 aromatic heterocycles. The minimum Gasteiger partial charge on any atom is -0.478 e. The van der Waals surface area contributed by atoms with Crippen LogP contribution in [0.4, 0.5) is 4.79 Å². The molecule has 2 N–H and O–H groups in total. The van der Waals surface area contributed by atoms with E-state index in [0.29, 0.717) is 30.7 Å². The molecule has 1 aliphatic heterocycles. The third kappa shape index (κ3) is 5.12. The molecule has 178 valence electrons. The van der Waals surface area contributed by atoms with Gasteiger partial charge < -0.3 is 20.1 Å². The largest absolute Gasteiger partial charge is 0.478 e. The Kier molecular flexibility index (Phi) is 7.57. The molecule has 0 radical (unpaired) electrons. The third-order valence-electron chi connectivity index (χ3n) is 6.34. The lowest BCUT2D eigenvalue weighted by Gasteiger charge is -2.29. The first kappa shape index (κ1) is 23.9. The van der Waals surface area contributed by atoms with Crippen molar-refractivity contribution < 1.29 is 24.2 Å². The van der Waals surface area contributed by atoms with Gasteiger partial charge in [-0.15, -0.1) is 0 Å². The summed E-state index contributed by atoms with van der Waals surface area (Å²) in [6.45, 7) is 0.722. The number of fused-ring (bicyclic) bond motifs is 3. The summed E-state index contributed by atoms with van der Waals surface area (Å²) in [7, 11) is 0. The van der Waals surface area contributed by atoms with Crippen LogP contribution in [0.2, 0.25) is 0 Å². The SMILES string of the molecule is CSCCC(NC(=O)OCC1c2ccccc2-c2ccccc21)C(=O)N1CC=C(C(=O)O)CC1. The van der Waals surface area contributed by atoms with Crippen molar-refractivity contribution in [1.29, 1.82) is 0 Å². The van der Waals surface area contributed by atoms with Gasteiger partial charge in [-0.2, -0.15) is 11.8 Å². The summed E-state index contributed by atoms with van der Waals surface area (Å²) in [4.78, 5) is 38.5. The highest BCUT2D eigenvalue weighted by molar-refractivity contribution is 7.98. The van der Waals surface area contributed by atoms with Crippen LogP contribution in [0.3, 0.4) is 0 Å².